The molecule has 96 valence electrons. The molecule has 1 aromatic carbocycles. The van der Waals surface area contributed by atoms with Gasteiger partial charge in [0.1, 0.15) is 11.6 Å². The van der Waals surface area contributed by atoms with Crippen molar-refractivity contribution in [1.82, 2.24) is 0 Å². The summed E-state index contributed by atoms with van der Waals surface area (Å²) >= 11 is 3.05. The van der Waals surface area contributed by atoms with E-state index in [-0.39, 0.29) is 22.5 Å². The number of hydrogen-bond acceptors (Lipinski definition) is 1. The van der Waals surface area contributed by atoms with Crippen molar-refractivity contribution in [3.8, 4) is 0 Å². The van der Waals surface area contributed by atoms with Crippen molar-refractivity contribution in [3.05, 3.63) is 33.8 Å². The molecule has 2 N–H and O–H groups in total. The van der Waals surface area contributed by atoms with Gasteiger partial charge in [0, 0.05) is 11.6 Å². The van der Waals surface area contributed by atoms with Crippen molar-refractivity contribution in [2.24, 2.45) is 5.73 Å². The van der Waals surface area contributed by atoms with E-state index in [0.717, 1.165) is 25.7 Å². The number of benzene rings is 1. The van der Waals surface area contributed by atoms with Crippen LogP contribution in [0.25, 0.3) is 0 Å². The molecule has 0 bridgehead atoms. The Bertz CT molecular complexity index is 369. The van der Waals surface area contributed by atoms with E-state index in [4.69, 9.17) is 5.73 Å². The van der Waals surface area contributed by atoms with Crippen LogP contribution in [0.5, 0.6) is 0 Å². The Labute approximate surface area is 110 Å². The van der Waals surface area contributed by atoms with Gasteiger partial charge in [-0.05, 0) is 40.9 Å². The summed E-state index contributed by atoms with van der Waals surface area (Å²) in [5.74, 6) is -1.05. The van der Waals surface area contributed by atoms with Crippen LogP contribution in [-0.2, 0) is 6.42 Å². The third kappa shape index (κ3) is 4.36. The third-order valence-corrected chi connectivity index (χ3v) is 3.40. The molecule has 1 unspecified atom stereocenters. The normalized spacial score (nSPS) is 12.8. The summed E-state index contributed by atoms with van der Waals surface area (Å²) in [6.45, 7) is 2.11. The summed E-state index contributed by atoms with van der Waals surface area (Å²) in [6.07, 6.45) is 4.29. The maximum atomic E-state index is 13.7. The zero-order chi connectivity index (χ0) is 12.8. The van der Waals surface area contributed by atoms with Crippen molar-refractivity contribution < 1.29 is 8.78 Å². The highest BCUT2D eigenvalue weighted by molar-refractivity contribution is 9.10. The summed E-state index contributed by atoms with van der Waals surface area (Å²) in [7, 11) is 0. The zero-order valence-electron chi connectivity index (χ0n) is 9.98. The second-order valence-electron chi connectivity index (χ2n) is 4.28. The number of nitrogens with two attached hydrogens (primary N) is 1. The number of hydrogen-bond donors (Lipinski definition) is 1. The van der Waals surface area contributed by atoms with Crippen LogP contribution in [0.2, 0.25) is 0 Å². The number of rotatable bonds is 6. The van der Waals surface area contributed by atoms with E-state index < -0.39 is 11.6 Å². The minimum Gasteiger partial charge on any atom is -0.327 e. The molecule has 0 fully saturated rings. The van der Waals surface area contributed by atoms with Crippen LogP contribution in [0.3, 0.4) is 0 Å². The third-order valence-electron chi connectivity index (χ3n) is 2.78. The van der Waals surface area contributed by atoms with Gasteiger partial charge in [-0.3, -0.25) is 0 Å². The smallest absolute Gasteiger partial charge is 0.143 e. The fourth-order valence-electron chi connectivity index (χ4n) is 1.78. The number of halogens is 3. The molecule has 1 nitrogen and oxygen atoms in total. The molecule has 17 heavy (non-hydrogen) atoms. The van der Waals surface area contributed by atoms with E-state index >= 15 is 0 Å². The molecule has 0 aliphatic carbocycles. The Kier molecular flexibility index (Phi) is 6.06. The average Bonchev–Trinajstić information content (AvgIpc) is 2.30. The predicted molar refractivity (Wildman–Crippen MR) is 69.9 cm³/mol. The lowest BCUT2D eigenvalue weighted by atomic mass is 10.0. The van der Waals surface area contributed by atoms with E-state index in [1.54, 1.807) is 0 Å². The lowest BCUT2D eigenvalue weighted by Gasteiger charge is -2.13. The van der Waals surface area contributed by atoms with E-state index in [9.17, 15) is 8.78 Å². The van der Waals surface area contributed by atoms with E-state index in [0.29, 0.717) is 0 Å². The second kappa shape index (κ2) is 7.07. The molecule has 0 aliphatic heterocycles. The van der Waals surface area contributed by atoms with Crippen molar-refractivity contribution in [1.29, 1.82) is 0 Å². The minimum atomic E-state index is -0.532. The van der Waals surface area contributed by atoms with Gasteiger partial charge in [0.05, 0.1) is 4.47 Å². The zero-order valence-corrected chi connectivity index (χ0v) is 11.6. The van der Waals surface area contributed by atoms with Gasteiger partial charge in [0.2, 0.25) is 0 Å². The molecule has 0 heterocycles. The molecule has 0 aliphatic rings. The Morgan fingerprint density at radius 2 is 2.00 bits per heavy atom. The predicted octanol–water partition coefficient (Wildman–Crippen LogP) is 4.18. The quantitative estimate of drug-likeness (QED) is 0.619. The largest absolute Gasteiger partial charge is 0.327 e. The first-order valence-electron chi connectivity index (χ1n) is 5.94. The molecule has 0 saturated heterocycles. The molecule has 1 atom stereocenters. The molecule has 1 rings (SSSR count). The van der Waals surface area contributed by atoms with Crippen LogP contribution >= 0.6 is 15.9 Å². The van der Waals surface area contributed by atoms with Crippen LogP contribution < -0.4 is 5.73 Å². The van der Waals surface area contributed by atoms with E-state index in [1.807, 2.05) is 0 Å². The minimum absolute atomic E-state index is 0.0865. The van der Waals surface area contributed by atoms with Crippen LogP contribution in [0.15, 0.2) is 16.6 Å². The lowest BCUT2D eigenvalue weighted by molar-refractivity contribution is 0.507. The highest BCUT2D eigenvalue weighted by Gasteiger charge is 2.15. The summed E-state index contributed by atoms with van der Waals surface area (Å²) in [4.78, 5) is 0. The van der Waals surface area contributed by atoms with E-state index in [2.05, 4.69) is 22.9 Å². The summed E-state index contributed by atoms with van der Waals surface area (Å²) in [5, 5.41) is 0. The van der Waals surface area contributed by atoms with Gasteiger partial charge in [0.15, 0.2) is 0 Å². The second-order valence-corrected chi connectivity index (χ2v) is 5.14. The molecule has 0 amide bonds. The lowest BCUT2D eigenvalue weighted by Crippen LogP contribution is -2.24. The number of unbranched alkanes of at least 4 members (excludes halogenated alkanes) is 2. The topological polar surface area (TPSA) is 26.0 Å². The fraction of sp³-hybridized carbons (Fsp3) is 0.538. The van der Waals surface area contributed by atoms with Crippen LogP contribution in [0.1, 0.15) is 38.2 Å². The Morgan fingerprint density at radius 1 is 1.29 bits per heavy atom. The van der Waals surface area contributed by atoms with Crippen LogP contribution in [0.4, 0.5) is 8.78 Å². The Morgan fingerprint density at radius 3 is 2.65 bits per heavy atom. The monoisotopic (exact) mass is 305 g/mol. The van der Waals surface area contributed by atoms with Gasteiger partial charge in [-0.1, -0.05) is 26.2 Å². The highest BCUT2D eigenvalue weighted by Crippen LogP contribution is 2.23. The first-order valence-corrected chi connectivity index (χ1v) is 6.73. The first-order chi connectivity index (χ1) is 8.06. The van der Waals surface area contributed by atoms with Crippen LogP contribution in [-0.4, -0.2) is 6.04 Å². The SMILES string of the molecule is CCCCCC(N)Cc1c(F)ccc(Br)c1F. The Balaban J connectivity index is 2.64. The molecular formula is C13H18BrF2N. The Hall–Kier alpha value is -0.480. The molecule has 0 radical (unpaired) electrons. The first kappa shape index (κ1) is 14.6. The van der Waals surface area contributed by atoms with Gasteiger partial charge in [0.25, 0.3) is 0 Å². The molecular weight excluding hydrogens is 288 g/mol. The van der Waals surface area contributed by atoms with Gasteiger partial charge in [-0.2, -0.15) is 0 Å². The highest BCUT2D eigenvalue weighted by atomic mass is 79.9. The summed E-state index contributed by atoms with van der Waals surface area (Å²) in [6, 6.07) is 2.46. The van der Waals surface area contributed by atoms with Gasteiger partial charge in [-0.15, -0.1) is 0 Å². The molecule has 1 aromatic rings. The standard InChI is InChI=1S/C13H18BrF2N/c1-2-3-4-5-9(17)8-10-12(15)7-6-11(14)13(10)16/h6-7,9H,2-5,8,17H2,1H3. The van der Waals surface area contributed by atoms with Gasteiger partial charge in [-0.25, -0.2) is 8.78 Å². The summed E-state index contributed by atoms with van der Waals surface area (Å²) in [5.41, 5.74) is 5.97. The molecule has 0 aromatic heterocycles. The van der Waals surface area contributed by atoms with Gasteiger partial charge < -0.3 is 5.73 Å². The van der Waals surface area contributed by atoms with E-state index in [1.165, 1.54) is 12.1 Å². The molecule has 0 spiro atoms. The van der Waals surface area contributed by atoms with Crippen LogP contribution in [0, 0.1) is 11.6 Å². The maximum absolute atomic E-state index is 13.7. The molecule has 0 saturated carbocycles. The maximum Gasteiger partial charge on any atom is 0.143 e. The summed E-state index contributed by atoms with van der Waals surface area (Å²) < 4.78 is 27.4. The van der Waals surface area contributed by atoms with Crippen molar-refractivity contribution in [2.75, 3.05) is 0 Å². The van der Waals surface area contributed by atoms with Crippen molar-refractivity contribution in [2.45, 2.75) is 45.1 Å². The van der Waals surface area contributed by atoms with Gasteiger partial charge >= 0.3 is 0 Å². The molecule has 4 heteroatoms. The fourth-order valence-corrected chi connectivity index (χ4v) is 2.15. The van der Waals surface area contributed by atoms with Crippen molar-refractivity contribution in [3.63, 3.8) is 0 Å². The average molecular weight is 306 g/mol. The van der Waals surface area contributed by atoms with Crippen molar-refractivity contribution >= 4 is 15.9 Å².